The molecule has 4 nitrogen and oxygen atoms in total. The molecule has 1 aromatic heterocycles. The molecule has 1 aromatic carbocycles. The number of fused-ring (bicyclic) bond motifs is 1. The molecule has 2 aromatic rings. The third-order valence-electron chi connectivity index (χ3n) is 4.74. The molecule has 2 N–H and O–H groups in total. The van der Waals surface area contributed by atoms with Gasteiger partial charge in [-0.3, -0.25) is 9.88 Å². The molecule has 1 atom stereocenters. The van der Waals surface area contributed by atoms with Crippen molar-refractivity contribution >= 4 is 35.1 Å². The Morgan fingerprint density at radius 2 is 2.00 bits per heavy atom. The summed E-state index contributed by atoms with van der Waals surface area (Å²) in [5.74, 6) is 0.330. The normalized spacial score (nSPS) is 15.8. The molecule has 27 heavy (non-hydrogen) atoms. The van der Waals surface area contributed by atoms with Crippen LogP contribution in [0.4, 0.5) is 11.4 Å². The van der Waals surface area contributed by atoms with Crippen LogP contribution in [-0.4, -0.2) is 33.5 Å². The summed E-state index contributed by atoms with van der Waals surface area (Å²) in [6, 6.07) is 7.78. The molecule has 0 aliphatic heterocycles. The Labute approximate surface area is 166 Å². The summed E-state index contributed by atoms with van der Waals surface area (Å²) in [6.45, 7) is 7.24. The fourth-order valence-corrected chi connectivity index (χ4v) is 3.70. The first-order chi connectivity index (χ1) is 13.1. The van der Waals surface area contributed by atoms with Crippen molar-refractivity contribution in [2.75, 3.05) is 18.4 Å². The minimum atomic E-state index is -0.00207. The highest BCUT2D eigenvalue weighted by molar-refractivity contribution is 6.24. The topological polar surface area (TPSA) is 48.4 Å². The zero-order chi connectivity index (χ0) is 19.2. The van der Waals surface area contributed by atoms with E-state index < -0.39 is 0 Å². The predicted molar refractivity (Wildman–Crippen MR) is 114 cm³/mol. The number of pyridine rings is 1. The smallest absolute Gasteiger partial charge is 0.122 e. The third kappa shape index (κ3) is 5.02. The number of halogens is 1. The highest BCUT2D eigenvalue weighted by Crippen LogP contribution is 2.25. The van der Waals surface area contributed by atoms with Crippen LogP contribution in [0.5, 0.6) is 5.75 Å². The van der Waals surface area contributed by atoms with E-state index in [1.807, 2.05) is 24.3 Å². The average Bonchev–Trinajstić information content (AvgIpc) is 2.64. The van der Waals surface area contributed by atoms with Gasteiger partial charge in [0.1, 0.15) is 5.75 Å². The van der Waals surface area contributed by atoms with Crippen LogP contribution in [0.2, 0.25) is 0 Å². The molecule has 1 heterocycles. The van der Waals surface area contributed by atoms with Gasteiger partial charge in [-0.25, -0.2) is 0 Å². The number of aromatic hydroxyl groups is 1. The standard InChI is InChI=1S/C22H28ClN3O/c1-3-11-26(12-4-2)15-16-5-7-18(14-22(16)27)25-20-9-10-24-21-13-17(23)6-8-19(20)21/h5,7-10,13-14,17,25,27H,3-4,6,11-12,15H2,1-2H3. The van der Waals surface area contributed by atoms with Gasteiger partial charge in [0, 0.05) is 41.0 Å². The minimum Gasteiger partial charge on any atom is -0.508 e. The van der Waals surface area contributed by atoms with Crippen molar-refractivity contribution in [3.05, 3.63) is 46.6 Å². The number of nitrogens with one attached hydrogen (secondary N) is 1. The van der Waals surface area contributed by atoms with E-state index in [9.17, 15) is 5.11 Å². The molecule has 0 bridgehead atoms. The number of nitrogens with zero attached hydrogens (tertiary/aromatic N) is 2. The van der Waals surface area contributed by atoms with Crippen molar-refractivity contribution < 1.29 is 5.11 Å². The number of rotatable bonds is 8. The van der Waals surface area contributed by atoms with Crippen LogP contribution in [0.15, 0.2) is 30.5 Å². The van der Waals surface area contributed by atoms with E-state index in [2.05, 4.69) is 35.1 Å². The highest BCUT2D eigenvalue weighted by Gasteiger charge is 2.10. The Kier molecular flexibility index (Phi) is 6.75. The lowest BCUT2D eigenvalue weighted by Gasteiger charge is -2.21. The van der Waals surface area contributed by atoms with Crippen molar-refractivity contribution in [2.45, 2.75) is 45.0 Å². The number of phenols is 1. The second kappa shape index (κ2) is 9.25. The SMILES string of the molecule is CCCN(CCC)Cc1ccc(Nc2ccnc3c2=CCC(Cl)C=3)cc1O. The van der Waals surface area contributed by atoms with E-state index in [4.69, 9.17) is 11.6 Å². The zero-order valence-electron chi connectivity index (χ0n) is 16.1. The molecule has 0 saturated heterocycles. The fraction of sp³-hybridized carbons (Fsp3) is 0.409. The predicted octanol–water partition coefficient (Wildman–Crippen LogP) is 3.72. The van der Waals surface area contributed by atoms with Gasteiger partial charge in [0.05, 0.1) is 10.7 Å². The van der Waals surface area contributed by atoms with Crippen LogP contribution in [-0.2, 0) is 6.54 Å². The number of anilines is 2. The summed E-state index contributed by atoms with van der Waals surface area (Å²) in [5.41, 5.74) is 2.80. The molecule has 0 saturated carbocycles. The first-order valence-corrected chi connectivity index (χ1v) is 10.2. The van der Waals surface area contributed by atoms with Crippen molar-refractivity contribution in [1.29, 1.82) is 0 Å². The quantitative estimate of drug-likeness (QED) is 0.680. The molecule has 1 aliphatic carbocycles. The van der Waals surface area contributed by atoms with Crippen LogP contribution in [0.25, 0.3) is 12.2 Å². The van der Waals surface area contributed by atoms with Crippen LogP contribution in [0, 0.1) is 0 Å². The lowest BCUT2D eigenvalue weighted by atomic mass is 10.1. The Morgan fingerprint density at radius 1 is 1.22 bits per heavy atom. The van der Waals surface area contributed by atoms with Crippen molar-refractivity contribution in [3.8, 4) is 5.75 Å². The van der Waals surface area contributed by atoms with E-state index in [1.165, 1.54) is 0 Å². The first kappa shape index (κ1) is 19.7. The van der Waals surface area contributed by atoms with E-state index >= 15 is 0 Å². The summed E-state index contributed by atoms with van der Waals surface area (Å²) in [6.07, 6.45) is 8.91. The second-order valence-electron chi connectivity index (χ2n) is 7.02. The Morgan fingerprint density at radius 3 is 2.70 bits per heavy atom. The molecule has 0 radical (unpaired) electrons. The van der Waals surface area contributed by atoms with E-state index in [0.29, 0.717) is 5.75 Å². The summed E-state index contributed by atoms with van der Waals surface area (Å²) >= 11 is 6.20. The van der Waals surface area contributed by atoms with E-state index in [1.54, 1.807) is 12.3 Å². The molecule has 0 spiro atoms. The Hall–Kier alpha value is -2.04. The molecule has 3 rings (SSSR count). The zero-order valence-corrected chi connectivity index (χ0v) is 16.8. The van der Waals surface area contributed by atoms with Crippen LogP contribution >= 0.6 is 11.6 Å². The maximum absolute atomic E-state index is 10.5. The van der Waals surface area contributed by atoms with Gasteiger partial charge < -0.3 is 10.4 Å². The maximum atomic E-state index is 10.5. The Balaban J connectivity index is 1.79. The number of alkyl halides is 1. The molecule has 144 valence electrons. The van der Waals surface area contributed by atoms with Gasteiger partial charge in [-0.15, -0.1) is 11.6 Å². The molecule has 1 unspecified atom stereocenters. The van der Waals surface area contributed by atoms with Crippen molar-refractivity contribution in [2.24, 2.45) is 0 Å². The summed E-state index contributed by atoms with van der Waals surface area (Å²) in [5, 5.41) is 15.9. The molecule has 5 heteroatoms. The van der Waals surface area contributed by atoms with Gasteiger partial charge in [-0.2, -0.15) is 0 Å². The number of aromatic nitrogens is 1. The lowest BCUT2D eigenvalue weighted by Crippen LogP contribution is -2.34. The fourth-order valence-electron chi connectivity index (χ4n) is 3.49. The van der Waals surface area contributed by atoms with Gasteiger partial charge in [-0.05, 0) is 50.6 Å². The number of hydrogen-bond acceptors (Lipinski definition) is 4. The maximum Gasteiger partial charge on any atom is 0.122 e. The van der Waals surface area contributed by atoms with Gasteiger partial charge in [0.25, 0.3) is 0 Å². The number of phenolic OH excluding ortho intramolecular Hbond substituents is 1. The van der Waals surface area contributed by atoms with Gasteiger partial charge in [0.2, 0.25) is 0 Å². The average molecular weight is 386 g/mol. The van der Waals surface area contributed by atoms with Gasteiger partial charge >= 0.3 is 0 Å². The van der Waals surface area contributed by atoms with Crippen LogP contribution in [0.3, 0.4) is 0 Å². The molecule has 0 fully saturated rings. The Bertz CT molecular complexity index is 891. The highest BCUT2D eigenvalue weighted by atomic mass is 35.5. The van der Waals surface area contributed by atoms with Gasteiger partial charge in [-0.1, -0.05) is 26.0 Å². The van der Waals surface area contributed by atoms with E-state index in [-0.39, 0.29) is 5.38 Å². The lowest BCUT2D eigenvalue weighted by molar-refractivity contribution is 0.263. The van der Waals surface area contributed by atoms with Crippen molar-refractivity contribution in [3.63, 3.8) is 0 Å². The number of benzene rings is 1. The molecular formula is C22H28ClN3O. The van der Waals surface area contributed by atoms with Crippen LogP contribution in [0.1, 0.15) is 38.7 Å². The molecule has 1 aliphatic rings. The molecular weight excluding hydrogens is 358 g/mol. The monoisotopic (exact) mass is 385 g/mol. The van der Waals surface area contributed by atoms with E-state index in [0.717, 1.165) is 66.4 Å². The second-order valence-corrected chi connectivity index (χ2v) is 7.59. The summed E-state index contributed by atoms with van der Waals surface area (Å²) in [7, 11) is 0. The largest absolute Gasteiger partial charge is 0.508 e. The van der Waals surface area contributed by atoms with Crippen molar-refractivity contribution in [1.82, 2.24) is 9.88 Å². The summed E-state index contributed by atoms with van der Waals surface area (Å²) in [4.78, 5) is 6.79. The minimum absolute atomic E-state index is 0.00207. The first-order valence-electron chi connectivity index (χ1n) is 9.73. The number of hydrogen-bond donors (Lipinski definition) is 2. The summed E-state index contributed by atoms with van der Waals surface area (Å²) < 4.78 is 0. The van der Waals surface area contributed by atoms with Crippen LogP contribution < -0.4 is 15.9 Å². The molecule has 0 amide bonds. The van der Waals surface area contributed by atoms with Gasteiger partial charge in [0.15, 0.2) is 0 Å². The third-order valence-corrected chi connectivity index (χ3v) is 5.05.